The van der Waals surface area contributed by atoms with E-state index in [1.54, 1.807) is 0 Å². The Morgan fingerprint density at radius 3 is 2.67 bits per heavy atom. The van der Waals surface area contributed by atoms with Gasteiger partial charge in [-0.1, -0.05) is 0 Å². The number of hydrogen-bond acceptors (Lipinski definition) is 4. The molecule has 2 heterocycles. The number of carboxylic acids is 1. The fourth-order valence-corrected chi connectivity index (χ4v) is 2.13. The minimum Gasteiger partial charge on any atom is -0.476 e. The van der Waals surface area contributed by atoms with E-state index in [1.807, 2.05) is 0 Å². The van der Waals surface area contributed by atoms with E-state index in [0.29, 0.717) is 0 Å². The molecule has 0 fully saturated rings. The highest BCUT2D eigenvalue weighted by molar-refractivity contribution is 7.13. The predicted molar refractivity (Wildman–Crippen MR) is 57.3 cm³/mol. The van der Waals surface area contributed by atoms with Gasteiger partial charge < -0.3 is 5.11 Å². The Kier molecular flexibility index (Phi) is 3.04. The summed E-state index contributed by atoms with van der Waals surface area (Å²) in [5.41, 5.74) is -1.39. The van der Waals surface area contributed by atoms with Crippen molar-refractivity contribution in [3.05, 3.63) is 35.1 Å². The van der Waals surface area contributed by atoms with Gasteiger partial charge in [0.25, 0.3) is 0 Å². The molecule has 0 aliphatic rings. The van der Waals surface area contributed by atoms with E-state index in [4.69, 9.17) is 5.11 Å². The molecule has 0 saturated carbocycles. The summed E-state index contributed by atoms with van der Waals surface area (Å²) in [5, 5.41) is 9.85. The summed E-state index contributed by atoms with van der Waals surface area (Å²) in [4.78, 5) is 17.9. The van der Waals surface area contributed by atoms with Crippen molar-refractivity contribution in [3.8, 4) is 10.6 Å². The van der Waals surface area contributed by atoms with Crippen LogP contribution in [0.5, 0.6) is 0 Å². The van der Waals surface area contributed by atoms with E-state index in [0.717, 1.165) is 29.8 Å². The van der Waals surface area contributed by atoms with Crippen molar-refractivity contribution in [2.75, 3.05) is 0 Å². The van der Waals surface area contributed by atoms with Gasteiger partial charge in [0.1, 0.15) is 5.01 Å². The van der Waals surface area contributed by atoms with Crippen LogP contribution in [0.2, 0.25) is 0 Å². The fourth-order valence-electron chi connectivity index (χ4n) is 1.31. The van der Waals surface area contributed by atoms with Crippen LogP contribution in [-0.4, -0.2) is 21.0 Å². The summed E-state index contributed by atoms with van der Waals surface area (Å²) < 4.78 is 38.2. The Morgan fingerprint density at radius 2 is 2.11 bits per heavy atom. The number of carbonyl (C=O) groups is 1. The molecule has 0 unspecified atom stereocenters. The number of alkyl halides is 3. The van der Waals surface area contributed by atoms with Crippen LogP contribution >= 0.6 is 11.3 Å². The van der Waals surface area contributed by atoms with Crippen LogP contribution in [0, 0.1) is 0 Å². The van der Waals surface area contributed by atoms with E-state index in [2.05, 4.69) is 9.97 Å². The van der Waals surface area contributed by atoms with Gasteiger partial charge in [-0.05, 0) is 6.07 Å². The monoisotopic (exact) mass is 274 g/mol. The lowest BCUT2D eigenvalue weighted by atomic mass is 10.1. The standard InChI is InChI=1S/C10H5F3N2O2S/c11-10(12,13)6-1-2-14-3-5(6)8-15-7(4-18-8)9(16)17/h1-4H,(H,16,17). The molecule has 0 aliphatic heterocycles. The van der Waals surface area contributed by atoms with Crippen LogP contribution in [0.1, 0.15) is 16.1 Å². The smallest absolute Gasteiger partial charge is 0.417 e. The number of carboxylic acid groups (broad SMARTS) is 1. The highest BCUT2D eigenvalue weighted by Gasteiger charge is 2.34. The van der Waals surface area contributed by atoms with Gasteiger partial charge in [0.2, 0.25) is 0 Å². The molecule has 0 aromatic carbocycles. The molecule has 0 aliphatic carbocycles. The zero-order valence-corrected chi connectivity index (χ0v) is 9.42. The molecule has 8 heteroatoms. The van der Waals surface area contributed by atoms with Gasteiger partial charge in [0.15, 0.2) is 5.69 Å². The minimum atomic E-state index is -4.53. The van der Waals surface area contributed by atoms with Crippen LogP contribution in [0.4, 0.5) is 13.2 Å². The Bertz CT molecular complexity index is 595. The SMILES string of the molecule is O=C(O)c1csc(-c2cnccc2C(F)(F)F)n1. The van der Waals surface area contributed by atoms with E-state index >= 15 is 0 Å². The van der Waals surface area contributed by atoms with Crippen LogP contribution in [0.25, 0.3) is 10.6 Å². The van der Waals surface area contributed by atoms with Gasteiger partial charge >= 0.3 is 12.1 Å². The molecule has 2 aromatic heterocycles. The number of aromatic nitrogens is 2. The van der Waals surface area contributed by atoms with Gasteiger partial charge in [-0.3, -0.25) is 4.98 Å². The Hall–Kier alpha value is -1.96. The maximum absolute atomic E-state index is 12.7. The van der Waals surface area contributed by atoms with Crippen molar-refractivity contribution in [2.24, 2.45) is 0 Å². The van der Waals surface area contributed by atoms with Crippen molar-refractivity contribution in [1.29, 1.82) is 0 Å². The number of pyridine rings is 1. The van der Waals surface area contributed by atoms with Crippen LogP contribution < -0.4 is 0 Å². The zero-order chi connectivity index (χ0) is 13.3. The summed E-state index contributed by atoms with van der Waals surface area (Å²) in [6.45, 7) is 0. The molecular weight excluding hydrogens is 269 g/mol. The summed E-state index contributed by atoms with van der Waals surface area (Å²) in [6.07, 6.45) is -2.49. The lowest BCUT2D eigenvalue weighted by Crippen LogP contribution is -2.07. The molecule has 0 atom stereocenters. The number of aromatic carboxylic acids is 1. The Balaban J connectivity index is 2.53. The molecule has 0 bridgehead atoms. The van der Waals surface area contributed by atoms with E-state index < -0.39 is 17.7 Å². The average Bonchev–Trinajstić information content (AvgIpc) is 2.77. The molecule has 18 heavy (non-hydrogen) atoms. The maximum atomic E-state index is 12.7. The first kappa shape index (κ1) is 12.5. The number of nitrogens with zero attached hydrogens (tertiary/aromatic N) is 2. The minimum absolute atomic E-state index is 0.0205. The Morgan fingerprint density at radius 1 is 1.39 bits per heavy atom. The molecule has 2 aromatic rings. The third-order valence-electron chi connectivity index (χ3n) is 2.08. The van der Waals surface area contributed by atoms with Crippen molar-refractivity contribution in [3.63, 3.8) is 0 Å². The normalized spacial score (nSPS) is 11.5. The summed E-state index contributed by atoms with van der Waals surface area (Å²) in [6, 6.07) is 0.831. The quantitative estimate of drug-likeness (QED) is 0.914. The maximum Gasteiger partial charge on any atom is 0.417 e. The molecular formula is C10H5F3N2O2S. The molecule has 0 radical (unpaired) electrons. The number of halogens is 3. The predicted octanol–water partition coefficient (Wildman–Crippen LogP) is 2.92. The third-order valence-corrected chi connectivity index (χ3v) is 2.96. The van der Waals surface area contributed by atoms with Crippen molar-refractivity contribution >= 4 is 17.3 Å². The van der Waals surface area contributed by atoms with Gasteiger partial charge in [0, 0.05) is 23.3 Å². The number of hydrogen-bond donors (Lipinski definition) is 1. The van der Waals surface area contributed by atoms with E-state index in [-0.39, 0.29) is 16.3 Å². The van der Waals surface area contributed by atoms with E-state index in [9.17, 15) is 18.0 Å². The largest absolute Gasteiger partial charge is 0.476 e. The van der Waals surface area contributed by atoms with Gasteiger partial charge in [-0.2, -0.15) is 13.2 Å². The van der Waals surface area contributed by atoms with Crippen LogP contribution in [0.3, 0.4) is 0 Å². The highest BCUT2D eigenvalue weighted by Crippen LogP contribution is 2.37. The molecule has 0 amide bonds. The lowest BCUT2D eigenvalue weighted by Gasteiger charge is -2.09. The highest BCUT2D eigenvalue weighted by atomic mass is 32.1. The lowest BCUT2D eigenvalue weighted by molar-refractivity contribution is -0.137. The van der Waals surface area contributed by atoms with Crippen molar-refractivity contribution in [2.45, 2.75) is 6.18 Å². The molecule has 1 N–H and O–H groups in total. The summed E-state index contributed by atoms with van der Waals surface area (Å²) in [7, 11) is 0. The van der Waals surface area contributed by atoms with Crippen molar-refractivity contribution < 1.29 is 23.1 Å². The third kappa shape index (κ3) is 2.33. The summed E-state index contributed by atoms with van der Waals surface area (Å²) >= 11 is 0.829. The summed E-state index contributed by atoms with van der Waals surface area (Å²) in [5.74, 6) is -1.28. The van der Waals surface area contributed by atoms with Crippen molar-refractivity contribution in [1.82, 2.24) is 9.97 Å². The number of thiazole rings is 1. The topological polar surface area (TPSA) is 63.1 Å². The first-order chi connectivity index (χ1) is 8.39. The number of rotatable bonds is 2. The molecule has 94 valence electrons. The second kappa shape index (κ2) is 4.37. The second-order valence-corrected chi connectivity index (χ2v) is 4.12. The first-order valence-electron chi connectivity index (χ1n) is 4.60. The molecule has 0 saturated heterocycles. The van der Waals surface area contributed by atoms with E-state index in [1.165, 1.54) is 5.38 Å². The molecule has 4 nitrogen and oxygen atoms in total. The van der Waals surface area contributed by atoms with Gasteiger partial charge in [-0.25, -0.2) is 9.78 Å². The second-order valence-electron chi connectivity index (χ2n) is 3.26. The van der Waals surface area contributed by atoms with Gasteiger partial charge in [0.05, 0.1) is 5.56 Å². The fraction of sp³-hybridized carbons (Fsp3) is 0.100. The Labute approximate surface area is 103 Å². The average molecular weight is 274 g/mol. The van der Waals surface area contributed by atoms with Gasteiger partial charge in [-0.15, -0.1) is 11.3 Å². The van der Waals surface area contributed by atoms with Crippen LogP contribution in [-0.2, 0) is 6.18 Å². The first-order valence-corrected chi connectivity index (χ1v) is 5.48. The van der Waals surface area contributed by atoms with Crippen LogP contribution in [0.15, 0.2) is 23.8 Å². The zero-order valence-electron chi connectivity index (χ0n) is 8.60. The molecule has 0 spiro atoms. The molecule has 2 rings (SSSR count).